The second-order valence-corrected chi connectivity index (χ2v) is 5.66. The number of rotatable bonds is 3. The van der Waals surface area contributed by atoms with E-state index >= 15 is 0 Å². The number of pyridine rings is 1. The Balaban J connectivity index is 0.00000133. The van der Waals surface area contributed by atoms with Crippen molar-refractivity contribution in [2.45, 2.75) is 6.92 Å². The van der Waals surface area contributed by atoms with Gasteiger partial charge in [0.2, 0.25) is 0 Å². The van der Waals surface area contributed by atoms with Crippen molar-refractivity contribution in [2.75, 3.05) is 5.32 Å². The molecule has 0 aliphatic heterocycles. The molecule has 6 heteroatoms. The van der Waals surface area contributed by atoms with Crippen molar-refractivity contribution in [1.29, 1.82) is 0 Å². The Hall–Kier alpha value is -1.43. The first-order chi connectivity index (χ1) is 8.81. The van der Waals surface area contributed by atoms with Gasteiger partial charge in [-0.05, 0) is 36.1 Å². The zero-order chi connectivity index (χ0) is 12.4. The Labute approximate surface area is 125 Å². The second kappa shape index (κ2) is 6.14. The van der Waals surface area contributed by atoms with Crippen LogP contribution in [-0.2, 0) is 0 Å². The molecule has 3 aromatic heterocycles. The van der Waals surface area contributed by atoms with Crippen molar-refractivity contribution < 1.29 is 0 Å². The van der Waals surface area contributed by atoms with E-state index in [1.165, 1.54) is 10.4 Å². The second-order valence-electron chi connectivity index (χ2n) is 3.89. The maximum absolute atomic E-state index is 4.58. The van der Waals surface area contributed by atoms with Gasteiger partial charge in [0.1, 0.15) is 0 Å². The fourth-order valence-corrected chi connectivity index (χ4v) is 3.24. The zero-order valence-corrected chi connectivity index (χ0v) is 12.6. The maximum atomic E-state index is 4.58. The molecule has 0 spiro atoms. The standard InChI is InChI=1S/C13H11N3S2.ClH/c1-9-5-12(17-7-9)11-8-18-13(16-11)15-10-3-2-4-14-6-10;/h2-8H,1H3,(H,15,16);1H. The monoisotopic (exact) mass is 309 g/mol. The van der Waals surface area contributed by atoms with Crippen LogP contribution in [0.2, 0.25) is 0 Å². The van der Waals surface area contributed by atoms with Crippen LogP contribution in [0.5, 0.6) is 0 Å². The summed E-state index contributed by atoms with van der Waals surface area (Å²) in [5.74, 6) is 0. The molecule has 0 amide bonds. The predicted octanol–water partition coefficient (Wildman–Crippen LogP) is 4.74. The summed E-state index contributed by atoms with van der Waals surface area (Å²) in [7, 11) is 0. The molecule has 0 aliphatic carbocycles. The molecule has 3 nitrogen and oxygen atoms in total. The van der Waals surface area contributed by atoms with Crippen LogP contribution in [0, 0.1) is 6.92 Å². The lowest BCUT2D eigenvalue weighted by Crippen LogP contribution is -1.89. The van der Waals surface area contributed by atoms with E-state index in [0.717, 1.165) is 16.5 Å². The number of aryl methyl sites for hydroxylation is 1. The summed E-state index contributed by atoms with van der Waals surface area (Å²) in [4.78, 5) is 9.86. The number of nitrogens with zero attached hydrogens (tertiary/aromatic N) is 2. The van der Waals surface area contributed by atoms with Gasteiger partial charge in [-0.2, -0.15) is 0 Å². The van der Waals surface area contributed by atoms with Crippen LogP contribution in [0.3, 0.4) is 0 Å². The van der Waals surface area contributed by atoms with Gasteiger partial charge in [-0.25, -0.2) is 4.98 Å². The van der Waals surface area contributed by atoms with E-state index < -0.39 is 0 Å². The van der Waals surface area contributed by atoms with E-state index in [-0.39, 0.29) is 12.4 Å². The molecule has 3 heterocycles. The highest BCUT2D eigenvalue weighted by molar-refractivity contribution is 7.16. The zero-order valence-electron chi connectivity index (χ0n) is 10.2. The van der Waals surface area contributed by atoms with E-state index in [1.54, 1.807) is 35.1 Å². The topological polar surface area (TPSA) is 37.8 Å². The van der Waals surface area contributed by atoms with Gasteiger partial charge in [-0.15, -0.1) is 35.1 Å². The van der Waals surface area contributed by atoms with E-state index in [2.05, 4.69) is 39.0 Å². The predicted molar refractivity (Wildman–Crippen MR) is 84.9 cm³/mol. The first kappa shape index (κ1) is 14.0. The minimum Gasteiger partial charge on any atom is -0.330 e. The van der Waals surface area contributed by atoms with Gasteiger partial charge >= 0.3 is 0 Å². The number of anilines is 2. The number of halogens is 1. The Morgan fingerprint density at radius 1 is 1.21 bits per heavy atom. The van der Waals surface area contributed by atoms with Crippen molar-refractivity contribution in [3.8, 4) is 10.6 Å². The van der Waals surface area contributed by atoms with Crippen molar-refractivity contribution in [3.05, 3.63) is 46.9 Å². The highest BCUT2D eigenvalue weighted by atomic mass is 35.5. The minimum atomic E-state index is 0. The van der Waals surface area contributed by atoms with Gasteiger partial charge in [0, 0.05) is 11.6 Å². The van der Waals surface area contributed by atoms with Crippen molar-refractivity contribution in [1.82, 2.24) is 9.97 Å². The minimum absolute atomic E-state index is 0. The molecule has 0 aromatic carbocycles. The molecule has 0 atom stereocenters. The first-order valence-corrected chi connectivity index (χ1v) is 7.25. The summed E-state index contributed by atoms with van der Waals surface area (Å²) in [5, 5.41) is 8.36. The molecule has 19 heavy (non-hydrogen) atoms. The van der Waals surface area contributed by atoms with Crippen LogP contribution < -0.4 is 5.32 Å². The van der Waals surface area contributed by atoms with Crippen LogP contribution in [0.25, 0.3) is 10.6 Å². The Morgan fingerprint density at radius 3 is 2.79 bits per heavy atom. The smallest absolute Gasteiger partial charge is 0.187 e. The average Bonchev–Trinajstić information content (AvgIpc) is 2.99. The Morgan fingerprint density at radius 2 is 2.11 bits per heavy atom. The van der Waals surface area contributed by atoms with Gasteiger partial charge in [-0.1, -0.05) is 0 Å². The molecular weight excluding hydrogens is 298 g/mol. The SMILES string of the molecule is Cc1csc(-c2csc(Nc3cccnc3)n2)c1.Cl. The van der Waals surface area contributed by atoms with Crippen LogP contribution in [0.4, 0.5) is 10.8 Å². The number of thiophene rings is 1. The summed E-state index contributed by atoms with van der Waals surface area (Å²) in [5.41, 5.74) is 3.27. The van der Waals surface area contributed by atoms with E-state index in [0.29, 0.717) is 0 Å². The largest absolute Gasteiger partial charge is 0.330 e. The van der Waals surface area contributed by atoms with Crippen LogP contribution in [-0.4, -0.2) is 9.97 Å². The van der Waals surface area contributed by atoms with E-state index in [4.69, 9.17) is 0 Å². The van der Waals surface area contributed by atoms with Crippen LogP contribution in [0.1, 0.15) is 5.56 Å². The lowest BCUT2D eigenvalue weighted by atomic mass is 10.3. The number of hydrogen-bond acceptors (Lipinski definition) is 5. The molecule has 3 rings (SSSR count). The summed E-state index contributed by atoms with van der Waals surface area (Å²) in [6.07, 6.45) is 3.54. The number of nitrogens with one attached hydrogen (secondary N) is 1. The van der Waals surface area contributed by atoms with E-state index in [1.807, 2.05) is 12.1 Å². The summed E-state index contributed by atoms with van der Waals surface area (Å²) in [6.45, 7) is 2.10. The maximum Gasteiger partial charge on any atom is 0.187 e. The molecule has 0 saturated heterocycles. The molecular formula is C13H12ClN3S2. The lowest BCUT2D eigenvalue weighted by molar-refractivity contribution is 1.31. The average molecular weight is 310 g/mol. The van der Waals surface area contributed by atoms with Gasteiger partial charge in [0.05, 0.1) is 22.5 Å². The van der Waals surface area contributed by atoms with Gasteiger partial charge in [0.15, 0.2) is 5.13 Å². The molecule has 0 aliphatic rings. The number of hydrogen-bond donors (Lipinski definition) is 1. The third-order valence-electron chi connectivity index (χ3n) is 2.40. The van der Waals surface area contributed by atoms with Gasteiger partial charge in [0.25, 0.3) is 0 Å². The van der Waals surface area contributed by atoms with Crippen LogP contribution in [0.15, 0.2) is 41.4 Å². The van der Waals surface area contributed by atoms with Crippen LogP contribution >= 0.6 is 35.1 Å². The fourth-order valence-electron chi connectivity index (χ4n) is 1.57. The summed E-state index contributed by atoms with van der Waals surface area (Å²) >= 11 is 3.33. The molecule has 0 bridgehead atoms. The molecule has 0 unspecified atom stereocenters. The molecule has 0 radical (unpaired) electrons. The number of thiazole rings is 1. The quantitative estimate of drug-likeness (QED) is 0.759. The van der Waals surface area contributed by atoms with Crippen molar-refractivity contribution in [3.63, 3.8) is 0 Å². The van der Waals surface area contributed by atoms with Crippen molar-refractivity contribution in [2.24, 2.45) is 0 Å². The normalized spacial score (nSPS) is 9.95. The molecule has 0 saturated carbocycles. The fraction of sp³-hybridized carbons (Fsp3) is 0.0769. The molecule has 1 N–H and O–H groups in total. The Kier molecular flexibility index (Phi) is 4.52. The van der Waals surface area contributed by atoms with Gasteiger partial charge < -0.3 is 5.32 Å². The molecule has 0 fully saturated rings. The summed E-state index contributed by atoms with van der Waals surface area (Å²) < 4.78 is 0. The Bertz CT molecular complexity index is 649. The third-order valence-corrected chi connectivity index (χ3v) is 4.23. The van der Waals surface area contributed by atoms with E-state index in [9.17, 15) is 0 Å². The molecule has 3 aromatic rings. The summed E-state index contributed by atoms with van der Waals surface area (Å²) in [6, 6.07) is 6.04. The molecule has 98 valence electrons. The first-order valence-electron chi connectivity index (χ1n) is 5.49. The van der Waals surface area contributed by atoms with Gasteiger partial charge in [-0.3, -0.25) is 4.98 Å². The number of aromatic nitrogens is 2. The lowest BCUT2D eigenvalue weighted by Gasteiger charge is -1.99. The third kappa shape index (κ3) is 3.32. The van der Waals surface area contributed by atoms with Crippen molar-refractivity contribution >= 4 is 45.9 Å². The highest BCUT2D eigenvalue weighted by Crippen LogP contribution is 2.30. The highest BCUT2D eigenvalue weighted by Gasteiger charge is 2.06.